The first-order chi connectivity index (χ1) is 14.7. The summed E-state index contributed by atoms with van der Waals surface area (Å²) in [4.78, 5) is 24.0. The van der Waals surface area contributed by atoms with Gasteiger partial charge in [0.1, 0.15) is 5.56 Å². The van der Waals surface area contributed by atoms with Gasteiger partial charge in [-0.15, -0.1) is 0 Å². The number of ether oxygens (including phenoxy) is 2. The SMILES string of the molecule is CCCCOC(=O)c1ccc(NC(=S)NC(=O)c2c(F)c(F)c(OC)c(F)c2F)cc1. The van der Waals surface area contributed by atoms with Crippen LogP contribution in [-0.4, -0.2) is 30.7 Å². The smallest absolute Gasteiger partial charge is 0.338 e. The van der Waals surface area contributed by atoms with Crippen LogP contribution in [0, 0.1) is 23.3 Å². The molecule has 0 aliphatic heterocycles. The minimum Gasteiger partial charge on any atom is -0.491 e. The molecule has 6 nitrogen and oxygen atoms in total. The van der Waals surface area contributed by atoms with Crippen molar-refractivity contribution in [2.24, 2.45) is 0 Å². The van der Waals surface area contributed by atoms with E-state index < -0.39 is 51.6 Å². The second-order valence-electron chi connectivity index (χ2n) is 6.14. The molecule has 0 bridgehead atoms. The molecule has 2 aromatic rings. The third kappa shape index (κ3) is 5.69. The van der Waals surface area contributed by atoms with Gasteiger partial charge >= 0.3 is 5.97 Å². The van der Waals surface area contributed by atoms with E-state index in [1.54, 1.807) is 0 Å². The van der Waals surface area contributed by atoms with E-state index in [2.05, 4.69) is 10.1 Å². The van der Waals surface area contributed by atoms with Gasteiger partial charge in [0.15, 0.2) is 22.5 Å². The molecular weight excluding hydrogens is 440 g/mol. The fraction of sp³-hybridized carbons (Fsp3) is 0.250. The number of unbranched alkanes of at least 4 members (excludes halogenated alkanes) is 1. The third-order valence-corrected chi connectivity index (χ3v) is 4.19. The summed E-state index contributed by atoms with van der Waals surface area (Å²) >= 11 is 4.88. The van der Waals surface area contributed by atoms with Gasteiger partial charge in [0.2, 0.25) is 11.6 Å². The van der Waals surface area contributed by atoms with Crippen LogP contribution >= 0.6 is 12.2 Å². The van der Waals surface area contributed by atoms with Gasteiger partial charge < -0.3 is 14.8 Å². The highest BCUT2D eigenvalue weighted by Gasteiger charge is 2.30. The zero-order valence-corrected chi connectivity index (χ0v) is 17.3. The number of benzene rings is 2. The van der Waals surface area contributed by atoms with Crippen LogP contribution in [0.3, 0.4) is 0 Å². The molecule has 0 heterocycles. The molecule has 0 spiro atoms. The molecule has 0 aliphatic rings. The average molecular weight is 458 g/mol. The maximum Gasteiger partial charge on any atom is 0.338 e. The Labute approximate surface area is 180 Å². The fourth-order valence-electron chi connectivity index (χ4n) is 2.40. The highest BCUT2D eigenvalue weighted by Crippen LogP contribution is 2.29. The molecule has 0 saturated heterocycles. The standard InChI is InChI=1S/C20H18F4N2O4S/c1-3-4-9-30-19(28)10-5-7-11(8-6-10)25-20(31)26-18(27)12-13(21)15(23)17(29-2)16(24)14(12)22/h5-8H,3-4,9H2,1-2H3,(H2,25,26,27,31). The van der Waals surface area contributed by atoms with Crippen LogP contribution in [0.4, 0.5) is 23.2 Å². The first kappa shape index (κ1) is 24.1. The highest BCUT2D eigenvalue weighted by atomic mass is 32.1. The summed E-state index contributed by atoms with van der Waals surface area (Å²) in [5, 5.41) is 4.06. The molecule has 31 heavy (non-hydrogen) atoms. The summed E-state index contributed by atoms with van der Waals surface area (Å²) in [6.45, 7) is 2.26. The highest BCUT2D eigenvalue weighted by molar-refractivity contribution is 7.80. The predicted octanol–water partition coefficient (Wildman–Crippen LogP) is 4.34. The number of nitrogens with one attached hydrogen (secondary N) is 2. The van der Waals surface area contributed by atoms with Crippen molar-refractivity contribution in [2.45, 2.75) is 19.8 Å². The molecule has 1 amide bonds. The summed E-state index contributed by atoms with van der Waals surface area (Å²) in [5.41, 5.74) is -0.890. The Bertz CT molecular complexity index is 971. The molecule has 0 aromatic heterocycles. The van der Waals surface area contributed by atoms with E-state index in [9.17, 15) is 27.2 Å². The Hall–Kier alpha value is -3.21. The zero-order chi connectivity index (χ0) is 23.1. The van der Waals surface area contributed by atoms with Gasteiger partial charge in [-0.25, -0.2) is 13.6 Å². The van der Waals surface area contributed by atoms with Crippen molar-refractivity contribution in [3.05, 3.63) is 58.7 Å². The quantitative estimate of drug-likeness (QED) is 0.211. The predicted molar refractivity (Wildman–Crippen MR) is 108 cm³/mol. The fourth-order valence-corrected chi connectivity index (χ4v) is 2.61. The zero-order valence-electron chi connectivity index (χ0n) is 16.5. The van der Waals surface area contributed by atoms with Crippen LogP contribution in [-0.2, 0) is 4.74 Å². The molecule has 0 atom stereocenters. The molecule has 2 aromatic carbocycles. The minimum absolute atomic E-state index is 0.282. The average Bonchev–Trinajstić information content (AvgIpc) is 2.73. The van der Waals surface area contributed by atoms with E-state index in [1.807, 2.05) is 12.2 Å². The van der Waals surface area contributed by atoms with Crippen molar-refractivity contribution in [3.63, 3.8) is 0 Å². The Kier molecular flexibility index (Phi) is 8.31. The molecule has 2 N–H and O–H groups in total. The van der Waals surface area contributed by atoms with Crippen molar-refractivity contribution < 1.29 is 36.6 Å². The van der Waals surface area contributed by atoms with E-state index in [1.165, 1.54) is 24.3 Å². The number of thiocarbonyl (C=S) groups is 1. The molecule has 0 aliphatic carbocycles. The maximum absolute atomic E-state index is 14.0. The van der Waals surface area contributed by atoms with Gasteiger partial charge in [0.05, 0.1) is 19.3 Å². The largest absolute Gasteiger partial charge is 0.491 e. The summed E-state index contributed by atoms with van der Waals surface area (Å²) in [6, 6.07) is 5.77. The summed E-state index contributed by atoms with van der Waals surface area (Å²) in [5.74, 6) is -10.9. The van der Waals surface area contributed by atoms with Crippen LogP contribution in [0.15, 0.2) is 24.3 Å². The van der Waals surface area contributed by atoms with Crippen molar-refractivity contribution in [1.29, 1.82) is 0 Å². The number of hydrogen-bond donors (Lipinski definition) is 2. The number of carbonyl (C=O) groups excluding carboxylic acids is 2. The van der Waals surface area contributed by atoms with Gasteiger partial charge in [-0.2, -0.15) is 8.78 Å². The third-order valence-electron chi connectivity index (χ3n) is 3.99. The number of anilines is 1. The second-order valence-corrected chi connectivity index (χ2v) is 6.55. The molecule has 0 fully saturated rings. The monoisotopic (exact) mass is 458 g/mol. The Morgan fingerprint density at radius 2 is 1.58 bits per heavy atom. The van der Waals surface area contributed by atoms with E-state index in [0.29, 0.717) is 12.3 Å². The van der Waals surface area contributed by atoms with Crippen LogP contribution < -0.4 is 15.4 Å². The molecule has 166 valence electrons. The number of carbonyl (C=O) groups is 2. The van der Waals surface area contributed by atoms with E-state index >= 15 is 0 Å². The lowest BCUT2D eigenvalue weighted by Crippen LogP contribution is -2.35. The molecule has 2 rings (SSSR count). The Morgan fingerprint density at radius 1 is 1.00 bits per heavy atom. The molecule has 0 unspecified atom stereocenters. The van der Waals surface area contributed by atoms with E-state index in [4.69, 9.17) is 17.0 Å². The van der Waals surface area contributed by atoms with Crippen molar-refractivity contribution in [2.75, 3.05) is 19.0 Å². The van der Waals surface area contributed by atoms with Crippen LogP contribution in [0.2, 0.25) is 0 Å². The lowest BCUT2D eigenvalue weighted by molar-refractivity contribution is 0.0499. The van der Waals surface area contributed by atoms with Gasteiger partial charge in [-0.3, -0.25) is 10.1 Å². The Morgan fingerprint density at radius 3 is 2.10 bits per heavy atom. The van der Waals surface area contributed by atoms with Gasteiger partial charge in [0.25, 0.3) is 5.91 Å². The van der Waals surface area contributed by atoms with E-state index in [-0.39, 0.29) is 5.56 Å². The van der Waals surface area contributed by atoms with Gasteiger partial charge in [-0.05, 0) is 42.9 Å². The second kappa shape index (κ2) is 10.7. The summed E-state index contributed by atoms with van der Waals surface area (Å²) in [7, 11) is 0.815. The van der Waals surface area contributed by atoms with Gasteiger partial charge in [-0.1, -0.05) is 13.3 Å². The first-order valence-electron chi connectivity index (χ1n) is 9.00. The van der Waals surface area contributed by atoms with E-state index in [0.717, 1.165) is 20.0 Å². The first-order valence-corrected chi connectivity index (χ1v) is 9.41. The number of methoxy groups -OCH3 is 1. The lowest BCUT2D eigenvalue weighted by atomic mass is 10.1. The maximum atomic E-state index is 14.0. The molecule has 11 heteroatoms. The van der Waals surface area contributed by atoms with Crippen LogP contribution in [0.1, 0.15) is 40.5 Å². The molecule has 0 radical (unpaired) electrons. The number of rotatable bonds is 7. The molecular formula is C20H18F4N2O4S. The number of amides is 1. The van der Waals surface area contributed by atoms with Crippen LogP contribution in [0.25, 0.3) is 0 Å². The topological polar surface area (TPSA) is 76.7 Å². The van der Waals surface area contributed by atoms with Crippen molar-refractivity contribution >= 4 is 34.9 Å². The van der Waals surface area contributed by atoms with Crippen molar-refractivity contribution in [3.8, 4) is 5.75 Å². The summed E-state index contributed by atoms with van der Waals surface area (Å²) < 4.78 is 64.9. The normalized spacial score (nSPS) is 10.4. The van der Waals surface area contributed by atoms with Gasteiger partial charge in [0, 0.05) is 5.69 Å². The minimum atomic E-state index is -1.93. The lowest BCUT2D eigenvalue weighted by Gasteiger charge is -2.13. The summed E-state index contributed by atoms with van der Waals surface area (Å²) in [6.07, 6.45) is 1.62. The number of esters is 1. The Balaban J connectivity index is 2.07. The van der Waals surface area contributed by atoms with Crippen molar-refractivity contribution in [1.82, 2.24) is 5.32 Å². The number of halogens is 4. The number of hydrogen-bond acceptors (Lipinski definition) is 5. The molecule has 0 saturated carbocycles. The van der Waals surface area contributed by atoms with Crippen LogP contribution in [0.5, 0.6) is 5.75 Å².